The Morgan fingerprint density at radius 1 is 1.53 bits per heavy atom. The predicted molar refractivity (Wildman–Crippen MR) is 54.5 cm³/mol. The van der Waals surface area contributed by atoms with Gasteiger partial charge in [0.05, 0.1) is 12.7 Å². The van der Waals surface area contributed by atoms with E-state index in [4.69, 9.17) is 15.7 Å². The quantitative estimate of drug-likeness (QED) is 0.759. The normalized spacial score (nSPS) is 16.9. The first-order valence-electron chi connectivity index (χ1n) is 4.71. The van der Waals surface area contributed by atoms with Crippen LogP contribution in [-0.4, -0.2) is 12.2 Å². The van der Waals surface area contributed by atoms with Crippen LogP contribution in [-0.2, 0) is 5.54 Å². The molecule has 0 aliphatic heterocycles. The molecule has 0 atom stereocenters. The molecule has 78 valence electrons. The molecule has 1 fully saturated rings. The maximum absolute atomic E-state index is 9.66. The van der Waals surface area contributed by atoms with Crippen LogP contribution in [0.15, 0.2) is 12.1 Å². The largest absolute Gasteiger partial charge is 0.504 e. The van der Waals surface area contributed by atoms with Gasteiger partial charge in [0.25, 0.3) is 0 Å². The molecule has 4 heteroatoms. The molecular weight excluding hydrogens is 192 g/mol. The lowest BCUT2D eigenvalue weighted by molar-refractivity contribution is 0.371. The first kappa shape index (κ1) is 9.81. The zero-order valence-electron chi connectivity index (χ0n) is 8.45. The Balaban J connectivity index is 2.54. The van der Waals surface area contributed by atoms with Crippen molar-refractivity contribution in [1.29, 1.82) is 5.26 Å². The molecular formula is C11H12N2O2. The summed E-state index contributed by atoms with van der Waals surface area (Å²) in [4.78, 5) is 0. The molecule has 0 amide bonds. The summed E-state index contributed by atoms with van der Waals surface area (Å²) in [6.07, 6.45) is 1.78. The van der Waals surface area contributed by atoms with Crippen molar-refractivity contribution in [2.75, 3.05) is 7.11 Å². The van der Waals surface area contributed by atoms with Crippen LogP contribution in [0.4, 0.5) is 0 Å². The zero-order valence-corrected chi connectivity index (χ0v) is 8.45. The minimum atomic E-state index is -0.352. The van der Waals surface area contributed by atoms with Gasteiger partial charge in [0.2, 0.25) is 0 Å². The lowest BCUT2D eigenvalue weighted by atomic mass is 10.0. The fourth-order valence-corrected chi connectivity index (χ4v) is 1.62. The van der Waals surface area contributed by atoms with E-state index < -0.39 is 0 Å². The number of benzene rings is 1. The summed E-state index contributed by atoms with van der Waals surface area (Å²) in [5, 5.41) is 18.6. The molecule has 1 aliphatic rings. The smallest absolute Gasteiger partial charge is 0.178 e. The molecule has 3 N–H and O–H groups in total. The molecule has 1 saturated carbocycles. The van der Waals surface area contributed by atoms with Crippen molar-refractivity contribution in [1.82, 2.24) is 0 Å². The second kappa shape index (κ2) is 3.14. The molecule has 1 aromatic rings. The first-order chi connectivity index (χ1) is 7.10. The van der Waals surface area contributed by atoms with Gasteiger partial charge in [0.1, 0.15) is 6.07 Å². The maximum atomic E-state index is 9.66. The van der Waals surface area contributed by atoms with E-state index >= 15 is 0 Å². The third kappa shape index (κ3) is 1.51. The lowest BCUT2D eigenvalue weighted by Gasteiger charge is -2.12. The highest BCUT2D eigenvalue weighted by atomic mass is 16.5. The van der Waals surface area contributed by atoms with Crippen molar-refractivity contribution in [3.8, 4) is 17.6 Å². The molecule has 0 spiro atoms. The number of rotatable bonds is 2. The second-order valence-corrected chi connectivity index (χ2v) is 3.84. The number of hydrogen-bond donors (Lipinski definition) is 2. The average Bonchev–Trinajstić information content (AvgIpc) is 2.96. The number of ether oxygens (including phenoxy) is 1. The fourth-order valence-electron chi connectivity index (χ4n) is 1.62. The highest BCUT2D eigenvalue weighted by Gasteiger charge is 2.40. The summed E-state index contributed by atoms with van der Waals surface area (Å²) >= 11 is 0. The monoisotopic (exact) mass is 204 g/mol. The van der Waals surface area contributed by atoms with Crippen LogP contribution in [0.2, 0.25) is 0 Å². The summed E-state index contributed by atoms with van der Waals surface area (Å²) in [5.74, 6) is 0.189. The van der Waals surface area contributed by atoms with Gasteiger partial charge in [0.15, 0.2) is 11.5 Å². The number of nitriles is 1. The van der Waals surface area contributed by atoms with Crippen LogP contribution in [0.25, 0.3) is 0 Å². The van der Waals surface area contributed by atoms with Crippen molar-refractivity contribution in [3.05, 3.63) is 23.3 Å². The van der Waals surface area contributed by atoms with Crippen molar-refractivity contribution >= 4 is 0 Å². The van der Waals surface area contributed by atoms with Gasteiger partial charge in [-0.05, 0) is 30.5 Å². The van der Waals surface area contributed by atoms with Gasteiger partial charge in [-0.25, -0.2) is 0 Å². The molecule has 4 nitrogen and oxygen atoms in total. The van der Waals surface area contributed by atoms with Gasteiger partial charge in [-0.2, -0.15) is 5.26 Å². The molecule has 1 aromatic carbocycles. The molecule has 2 rings (SSSR count). The van der Waals surface area contributed by atoms with E-state index in [1.807, 2.05) is 6.07 Å². The number of phenolic OH excluding ortho intramolecular Hbond substituents is 1. The Bertz CT molecular complexity index is 445. The summed E-state index contributed by atoms with van der Waals surface area (Å²) in [6.45, 7) is 0. The van der Waals surface area contributed by atoms with E-state index in [2.05, 4.69) is 0 Å². The van der Waals surface area contributed by atoms with Crippen molar-refractivity contribution in [2.24, 2.45) is 5.73 Å². The summed E-state index contributed by atoms with van der Waals surface area (Å²) in [5.41, 5.74) is 6.77. The SMILES string of the molecule is COc1c(O)cc(C2(N)CC2)cc1C#N. The van der Waals surface area contributed by atoms with Crippen LogP contribution in [0.5, 0.6) is 11.5 Å². The molecule has 0 saturated heterocycles. The molecule has 15 heavy (non-hydrogen) atoms. The number of nitrogens with zero attached hydrogens (tertiary/aromatic N) is 1. The Morgan fingerprint density at radius 3 is 2.67 bits per heavy atom. The van der Waals surface area contributed by atoms with E-state index in [0.29, 0.717) is 5.56 Å². The standard InChI is InChI=1S/C11H12N2O2/c1-15-10-7(6-12)4-8(5-9(10)14)11(13)2-3-11/h4-5,14H,2-3,13H2,1H3. The Hall–Kier alpha value is -1.73. The zero-order chi connectivity index (χ0) is 11.1. The molecule has 1 aliphatic carbocycles. The van der Waals surface area contributed by atoms with Gasteiger partial charge < -0.3 is 15.6 Å². The van der Waals surface area contributed by atoms with E-state index in [1.165, 1.54) is 7.11 Å². The topological polar surface area (TPSA) is 79.3 Å². The average molecular weight is 204 g/mol. The van der Waals surface area contributed by atoms with Crippen LogP contribution in [0, 0.1) is 11.3 Å². The predicted octanol–water partition coefficient (Wildman–Crippen LogP) is 1.22. The molecule has 0 unspecified atom stereocenters. The second-order valence-electron chi connectivity index (χ2n) is 3.84. The van der Waals surface area contributed by atoms with Gasteiger partial charge in [-0.3, -0.25) is 0 Å². The number of hydrogen-bond acceptors (Lipinski definition) is 4. The van der Waals surface area contributed by atoms with Crippen LogP contribution < -0.4 is 10.5 Å². The molecule has 0 bridgehead atoms. The number of aromatic hydroxyl groups is 1. The van der Waals surface area contributed by atoms with Crippen LogP contribution >= 0.6 is 0 Å². The maximum Gasteiger partial charge on any atom is 0.178 e. The summed E-state index contributed by atoms with van der Waals surface area (Å²) in [7, 11) is 1.42. The van der Waals surface area contributed by atoms with Crippen molar-refractivity contribution < 1.29 is 9.84 Å². The van der Waals surface area contributed by atoms with Crippen molar-refractivity contribution in [2.45, 2.75) is 18.4 Å². The van der Waals surface area contributed by atoms with Gasteiger partial charge in [0, 0.05) is 5.54 Å². The van der Waals surface area contributed by atoms with Crippen LogP contribution in [0.3, 0.4) is 0 Å². The van der Waals surface area contributed by atoms with Gasteiger partial charge in [-0.1, -0.05) is 0 Å². The first-order valence-corrected chi connectivity index (χ1v) is 4.71. The lowest BCUT2D eigenvalue weighted by Crippen LogP contribution is -2.18. The van der Waals surface area contributed by atoms with Crippen molar-refractivity contribution in [3.63, 3.8) is 0 Å². The third-order valence-corrected chi connectivity index (χ3v) is 2.76. The number of phenols is 1. The minimum absolute atomic E-state index is 0.0247. The van der Waals surface area contributed by atoms with E-state index in [1.54, 1.807) is 12.1 Å². The summed E-state index contributed by atoms with van der Waals surface area (Å²) < 4.78 is 4.94. The fraction of sp³-hybridized carbons (Fsp3) is 0.364. The highest BCUT2D eigenvalue weighted by molar-refractivity contribution is 5.56. The molecule has 0 aromatic heterocycles. The minimum Gasteiger partial charge on any atom is -0.504 e. The Morgan fingerprint density at radius 2 is 2.20 bits per heavy atom. The van der Waals surface area contributed by atoms with E-state index in [0.717, 1.165) is 18.4 Å². The van der Waals surface area contributed by atoms with Gasteiger partial charge in [-0.15, -0.1) is 0 Å². The van der Waals surface area contributed by atoms with E-state index in [9.17, 15) is 5.11 Å². The number of nitrogens with two attached hydrogens (primary N) is 1. The molecule has 0 heterocycles. The molecule has 0 radical (unpaired) electrons. The third-order valence-electron chi connectivity index (χ3n) is 2.76. The Labute approximate surface area is 87.9 Å². The Kier molecular flexibility index (Phi) is 2.06. The van der Waals surface area contributed by atoms with Crippen LogP contribution in [0.1, 0.15) is 24.0 Å². The van der Waals surface area contributed by atoms with Gasteiger partial charge >= 0.3 is 0 Å². The highest BCUT2D eigenvalue weighted by Crippen LogP contribution is 2.45. The van der Waals surface area contributed by atoms with E-state index in [-0.39, 0.29) is 17.0 Å². The summed E-state index contributed by atoms with van der Waals surface area (Å²) in [6, 6.07) is 5.25. The number of methoxy groups -OCH3 is 1.